The third-order valence-electron chi connectivity index (χ3n) is 5.66. The highest BCUT2D eigenvalue weighted by Crippen LogP contribution is 2.43. The van der Waals surface area contributed by atoms with Gasteiger partial charge in [-0.25, -0.2) is 4.79 Å². The fraction of sp³-hybridized carbons (Fsp3) is 0.632. The van der Waals surface area contributed by atoms with Gasteiger partial charge in [-0.3, -0.25) is 4.90 Å². The van der Waals surface area contributed by atoms with E-state index in [1.165, 1.54) is 5.56 Å². The van der Waals surface area contributed by atoms with Crippen molar-refractivity contribution in [3.63, 3.8) is 0 Å². The monoisotopic (exact) mass is 349 g/mol. The highest BCUT2D eigenvalue weighted by molar-refractivity contribution is 5.68. The summed E-state index contributed by atoms with van der Waals surface area (Å²) in [5.41, 5.74) is 1.15. The molecule has 1 saturated heterocycles. The maximum absolute atomic E-state index is 10.6. The Morgan fingerprint density at radius 3 is 2.68 bits per heavy atom. The van der Waals surface area contributed by atoms with Gasteiger partial charge in [0.25, 0.3) is 0 Å². The molecule has 6 heteroatoms. The highest BCUT2D eigenvalue weighted by Gasteiger charge is 2.50. The summed E-state index contributed by atoms with van der Waals surface area (Å²) in [5.74, 6) is -0.391. The molecule has 138 valence electrons. The van der Waals surface area contributed by atoms with Gasteiger partial charge >= 0.3 is 5.97 Å². The van der Waals surface area contributed by atoms with Crippen molar-refractivity contribution in [3.05, 3.63) is 29.8 Å². The summed E-state index contributed by atoms with van der Waals surface area (Å²) in [7, 11) is 3.62. The Morgan fingerprint density at radius 1 is 1.28 bits per heavy atom. The number of nitrogens with zero attached hydrogens (tertiary/aromatic N) is 1. The van der Waals surface area contributed by atoms with Crippen molar-refractivity contribution in [2.24, 2.45) is 0 Å². The molecule has 2 aliphatic rings. The van der Waals surface area contributed by atoms with Gasteiger partial charge in [0.1, 0.15) is 5.75 Å². The van der Waals surface area contributed by atoms with Crippen LogP contribution in [0.4, 0.5) is 0 Å². The number of aliphatic carboxylic acids is 1. The second kappa shape index (κ2) is 7.72. The fourth-order valence-corrected chi connectivity index (χ4v) is 4.23. The standard InChI is InChI=1S/C19H27NO5/c1-23-16-7-8-19(24-2)9-10-20(17(19)11-16)12-14-3-5-15(6-4-14)25-13-18(21)22/h3-6,16-17H,7-13H2,1-2H3,(H,21,22)/t16-,17-,19+/m1/s1. The normalized spacial score (nSPS) is 29.4. The maximum Gasteiger partial charge on any atom is 0.341 e. The molecule has 1 heterocycles. The topological polar surface area (TPSA) is 68.2 Å². The molecule has 0 bridgehead atoms. The lowest BCUT2D eigenvalue weighted by molar-refractivity contribution is -0.139. The minimum absolute atomic E-state index is 0.0421. The predicted molar refractivity (Wildman–Crippen MR) is 92.8 cm³/mol. The SMILES string of the molecule is CO[C@@H]1CC[C@]2(OC)CCN(Cc3ccc(OCC(=O)O)cc3)[C@@H]2C1. The molecular weight excluding hydrogens is 322 g/mol. The summed E-state index contributed by atoms with van der Waals surface area (Å²) in [6, 6.07) is 8.04. The Balaban J connectivity index is 1.65. The summed E-state index contributed by atoms with van der Waals surface area (Å²) < 4.78 is 16.8. The van der Waals surface area contributed by atoms with Gasteiger partial charge in [-0.1, -0.05) is 12.1 Å². The van der Waals surface area contributed by atoms with Crippen LogP contribution in [0.5, 0.6) is 5.75 Å². The Kier molecular flexibility index (Phi) is 5.61. The number of hydrogen-bond acceptors (Lipinski definition) is 5. The number of fused-ring (bicyclic) bond motifs is 1. The molecule has 0 unspecified atom stereocenters. The molecule has 3 rings (SSSR count). The van der Waals surface area contributed by atoms with Crippen molar-refractivity contribution >= 4 is 5.97 Å². The number of carboxylic acids is 1. The molecule has 0 radical (unpaired) electrons. The van der Waals surface area contributed by atoms with E-state index < -0.39 is 5.97 Å². The Morgan fingerprint density at radius 2 is 2.04 bits per heavy atom. The molecule has 1 saturated carbocycles. The summed E-state index contributed by atoms with van der Waals surface area (Å²) in [6.07, 6.45) is 4.48. The van der Waals surface area contributed by atoms with Crippen molar-refractivity contribution in [3.8, 4) is 5.75 Å². The summed E-state index contributed by atoms with van der Waals surface area (Å²) in [6.45, 7) is 1.56. The number of likely N-dealkylation sites (tertiary alicyclic amines) is 1. The molecule has 25 heavy (non-hydrogen) atoms. The van der Waals surface area contributed by atoms with Crippen molar-refractivity contribution in [2.75, 3.05) is 27.4 Å². The Bertz CT molecular complexity index is 590. The highest BCUT2D eigenvalue weighted by atomic mass is 16.5. The van der Waals surface area contributed by atoms with Crippen LogP contribution in [0.25, 0.3) is 0 Å². The number of hydrogen-bond donors (Lipinski definition) is 1. The Hall–Kier alpha value is -1.63. The zero-order valence-electron chi connectivity index (χ0n) is 14.9. The first-order valence-corrected chi connectivity index (χ1v) is 8.82. The van der Waals surface area contributed by atoms with Crippen molar-refractivity contribution in [1.29, 1.82) is 0 Å². The average Bonchev–Trinajstić information content (AvgIpc) is 2.99. The van der Waals surface area contributed by atoms with Crippen molar-refractivity contribution < 1.29 is 24.1 Å². The third kappa shape index (κ3) is 3.97. The van der Waals surface area contributed by atoms with E-state index in [1.807, 2.05) is 31.4 Å². The molecule has 0 spiro atoms. The van der Waals surface area contributed by atoms with Crippen LogP contribution in [0, 0.1) is 0 Å². The quantitative estimate of drug-likeness (QED) is 0.815. The van der Waals surface area contributed by atoms with Gasteiger partial charge in [0.2, 0.25) is 0 Å². The third-order valence-corrected chi connectivity index (χ3v) is 5.66. The first-order valence-electron chi connectivity index (χ1n) is 8.82. The van der Waals surface area contributed by atoms with Crippen LogP contribution in [0.3, 0.4) is 0 Å². The molecule has 2 fully saturated rings. The molecule has 0 amide bonds. The smallest absolute Gasteiger partial charge is 0.341 e. The van der Waals surface area contributed by atoms with Crippen LogP contribution in [-0.2, 0) is 20.8 Å². The van der Waals surface area contributed by atoms with E-state index in [-0.39, 0.29) is 12.2 Å². The minimum atomic E-state index is -0.970. The largest absolute Gasteiger partial charge is 0.482 e. The second-order valence-electron chi connectivity index (χ2n) is 6.96. The number of benzene rings is 1. The van der Waals surface area contributed by atoms with Gasteiger partial charge in [-0.15, -0.1) is 0 Å². The van der Waals surface area contributed by atoms with Gasteiger partial charge < -0.3 is 19.3 Å². The number of methoxy groups -OCH3 is 2. The van der Waals surface area contributed by atoms with Crippen LogP contribution in [0.1, 0.15) is 31.2 Å². The van der Waals surface area contributed by atoms with E-state index in [0.717, 1.165) is 38.8 Å². The van der Waals surface area contributed by atoms with E-state index in [1.54, 1.807) is 7.11 Å². The lowest BCUT2D eigenvalue weighted by Crippen LogP contribution is -2.51. The number of ether oxygens (including phenoxy) is 3. The van der Waals surface area contributed by atoms with Gasteiger partial charge in [0.15, 0.2) is 6.61 Å². The van der Waals surface area contributed by atoms with Crippen molar-refractivity contribution in [2.45, 2.75) is 50.0 Å². The number of rotatable bonds is 7. The molecule has 6 nitrogen and oxygen atoms in total. The fourth-order valence-electron chi connectivity index (χ4n) is 4.23. The van der Waals surface area contributed by atoms with E-state index in [4.69, 9.17) is 19.3 Å². The molecule has 1 N–H and O–H groups in total. The lowest BCUT2D eigenvalue weighted by atomic mass is 9.79. The average molecular weight is 349 g/mol. The van der Waals surface area contributed by atoms with Crippen LogP contribution in [0.15, 0.2) is 24.3 Å². The van der Waals surface area contributed by atoms with Crippen LogP contribution in [-0.4, -0.2) is 61.1 Å². The predicted octanol–water partition coefficient (Wildman–Crippen LogP) is 2.31. The molecule has 0 aromatic heterocycles. The summed E-state index contributed by atoms with van der Waals surface area (Å²) >= 11 is 0. The van der Waals surface area contributed by atoms with Crippen molar-refractivity contribution in [1.82, 2.24) is 4.90 Å². The van der Waals surface area contributed by atoms with Gasteiger partial charge in [0, 0.05) is 33.4 Å². The van der Waals surface area contributed by atoms with Gasteiger partial charge in [0.05, 0.1) is 11.7 Å². The molecular formula is C19H27NO5. The number of carbonyl (C=O) groups is 1. The minimum Gasteiger partial charge on any atom is -0.482 e. The summed E-state index contributed by atoms with van der Waals surface area (Å²) in [5, 5.41) is 8.66. The van der Waals surface area contributed by atoms with Crippen LogP contribution < -0.4 is 4.74 Å². The molecule has 3 atom stereocenters. The molecule has 1 aliphatic heterocycles. The first-order chi connectivity index (χ1) is 12.1. The summed E-state index contributed by atoms with van der Waals surface area (Å²) in [4.78, 5) is 13.0. The van der Waals surface area contributed by atoms with Gasteiger partial charge in [-0.05, 0) is 43.4 Å². The first kappa shape index (κ1) is 18.2. The van der Waals surface area contributed by atoms with E-state index in [0.29, 0.717) is 17.9 Å². The lowest BCUT2D eigenvalue weighted by Gasteiger charge is -2.43. The zero-order chi connectivity index (χ0) is 17.9. The second-order valence-corrected chi connectivity index (χ2v) is 6.96. The van der Waals surface area contributed by atoms with Crippen LogP contribution in [0.2, 0.25) is 0 Å². The molecule has 1 aliphatic carbocycles. The van der Waals surface area contributed by atoms with E-state index in [2.05, 4.69) is 4.90 Å². The molecule has 1 aromatic rings. The Labute approximate surface area is 148 Å². The van der Waals surface area contributed by atoms with Gasteiger partial charge in [-0.2, -0.15) is 0 Å². The maximum atomic E-state index is 10.6. The van der Waals surface area contributed by atoms with Crippen LogP contribution >= 0.6 is 0 Å². The molecule has 1 aromatic carbocycles. The number of carboxylic acid groups (broad SMARTS) is 1. The van der Waals surface area contributed by atoms with E-state index in [9.17, 15) is 4.79 Å². The van der Waals surface area contributed by atoms with E-state index >= 15 is 0 Å². The zero-order valence-corrected chi connectivity index (χ0v) is 14.9.